The molecule has 2 heterocycles. The van der Waals surface area contributed by atoms with Gasteiger partial charge in [0, 0.05) is 26.3 Å². The zero-order valence-corrected chi connectivity index (χ0v) is 11.1. The van der Waals surface area contributed by atoms with Crippen LogP contribution in [0.5, 0.6) is 0 Å². The van der Waals surface area contributed by atoms with Crippen molar-refractivity contribution in [2.45, 2.75) is 24.0 Å². The monoisotopic (exact) mass is 271 g/mol. The molecule has 1 aliphatic rings. The van der Waals surface area contributed by atoms with Gasteiger partial charge in [0.2, 0.25) is 11.9 Å². The van der Waals surface area contributed by atoms with Gasteiger partial charge in [-0.25, -0.2) is 0 Å². The highest BCUT2D eigenvalue weighted by Gasteiger charge is 2.16. The summed E-state index contributed by atoms with van der Waals surface area (Å²) < 4.78 is 6.90. The van der Waals surface area contributed by atoms with Crippen LogP contribution in [0.2, 0.25) is 0 Å². The second-order valence-electron chi connectivity index (χ2n) is 4.14. The molecule has 1 fully saturated rings. The number of anilines is 1. The molecule has 0 saturated carbocycles. The second kappa shape index (κ2) is 6.05. The molecule has 0 unspecified atom stereocenters. The average molecular weight is 271 g/mol. The summed E-state index contributed by atoms with van der Waals surface area (Å²) in [6.45, 7) is 1.44. The molecule has 1 aromatic heterocycles. The molecule has 100 valence electrons. The fourth-order valence-corrected chi connectivity index (χ4v) is 2.42. The fourth-order valence-electron chi connectivity index (χ4n) is 1.69. The van der Waals surface area contributed by atoms with Crippen molar-refractivity contribution in [3.63, 3.8) is 0 Å². The topological polar surface area (TPSA) is 95.1 Å². The number of ether oxygens (including phenoxy) is 1. The van der Waals surface area contributed by atoms with E-state index in [9.17, 15) is 4.79 Å². The Bertz CT molecular complexity index is 416. The third kappa shape index (κ3) is 3.36. The van der Waals surface area contributed by atoms with Crippen LogP contribution in [0.1, 0.15) is 12.8 Å². The molecule has 1 amide bonds. The van der Waals surface area contributed by atoms with Gasteiger partial charge >= 0.3 is 0 Å². The Hall–Kier alpha value is -1.28. The van der Waals surface area contributed by atoms with Crippen molar-refractivity contribution in [1.29, 1.82) is 0 Å². The molecule has 8 heteroatoms. The first kappa shape index (κ1) is 13.2. The minimum Gasteiger partial charge on any atom is -0.381 e. The Balaban J connectivity index is 1.76. The van der Waals surface area contributed by atoms with Gasteiger partial charge in [-0.15, -0.1) is 10.2 Å². The van der Waals surface area contributed by atoms with Crippen molar-refractivity contribution >= 4 is 23.6 Å². The Morgan fingerprint density at radius 2 is 2.28 bits per heavy atom. The number of carbonyl (C=O) groups excluding carboxylic acids is 1. The van der Waals surface area contributed by atoms with Gasteiger partial charge in [-0.1, -0.05) is 11.8 Å². The van der Waals surface area contributed by atoms with Gasteiger partial charge in [0.25, 0.3) is 0 Å². The van der Waals surface area contributed by atoms with Gasteiger partial charge in [-0.05, 0) is 12.8 Å². The molecule has 1 aliphatic heterocycles. The molecule has 0 spiro atoms. The molecular weight excluding hydrogens is 254 g/mol. The Labute approximate surface area is 109 Å². The van der Waals surface area contributed by atoms with Crippen LogP contribution in [0.15, 0.2) is 5.16 Å². The van der Waals surface area contributed by atoms with E-state index < -0.39 is 0 Å². The number of nitrogens with zero attached hydrogens (tertiary/aromatic N) is 3. The largest absolute Gasteiger partial charge is 0.381 e. The third-order valence-corrected chi connectivity index (χ3v) is 3.81. The van der Waals surface area contributed by atoms with Crippen LogP contribution in [0.4, 0.5) is 5.95 Å². The zero-order valence-electron chi connectivity index (χ0n) is 10.3. The van der Waals surface area contributed by atoms with Crippen molar-refractivity contribution in [2.24, 2.45) is 7.05 Å². The third-order valence-electron chi connectivity index (χ3n) is 2.79. The number of nitrogens with one attached hydrogen (secondary N) is 1. The van der Waals surface area contributed by atoms with Gasteiger partial charge in [0.15, 0.2) is 5.16 Å². The molecule has 0 bridgehead atoms. The lowest BCUT2D eigenvalue weighted by molar-refractivity contribution is -0.119. The second-order valence-corrected chi connectivity index (χ2v) is 5.09. The summed E-state index contributed by atoms with van der Waals surface area (Å²) in [5.41, 5.74) is 5.56. The van der Waals surface area contributed by atoms with E-state index >= 15 is 0 Å². The summed E-state index contributed by atoms with van der Waals surface area (Å²) in [6, 6.07) is 0.233. The van der Waals surface area contributed by atoms with Crippen molar-refractivity contribution in [1.82, 2.24) is 20.1 Å². The van der Waals surface area contributed by atoms with Crippen LogP contribution in [0.25, 0.3) is 0 Å². The summed E-state index contributed by atoms with van der Waals surface area (Å²) in [5, 5.41) is 11.3. The summed E-state index contributed by atoms with van der Waals surface area (Å²) in [6.07, 6.45) is 1.76. The number of rotatable bonds is 4. The highest BCUT2D eigenvalue weighted by Crippen LogP contribution is 2.16. The molecule has 2 rings (SSSR count). The average Bonchev–Trinajstić information content (AvgIpc) is 2.69. The Morgan fingerprint density at radius 3 is 2.89 bits per heavy atom. The Morgan fingerprint density at radius 1 is 1.56 bits per heavy atom. The van der Waals surface area contributed by atoms with E-state index in [1.165, 1.54) is 11.8 Å². The van der Waals surface area contributed by atoms with Crippen LogP contribution in [0.3, 0.4) is 0 Å². The SMILES string of the molecule is Cn1c(N)nnc1SCC(=O)NC1CCOCC1. The molecule has 0 radical (unpaired) electrons. The first-order valence-electron chi connectivity index (χ1n) is 5.81. The maximum absolute atomic E-state index is 11.7. The lowest BCUT2D eigenvalue weighted by Crippen LogP contribution is -2.39. The number of nitrogen functional groups attached to an aromatic ring is 1. The van der Waals surface area contributed by atoms with Crippen LogP contribution in [0, 0.1) is 0 Å². The Kier molecular flexibility index (Phi) is 4.43. The molecule has 1 aromatic rings. The van der Waals surface area contributed by atoms with Crippen molar-refractivity contribution in [3.8, 4) is 0 Å². The minimum atomic E-state index is 0.00784. The quantitative estimate of drug-likeness (QED) is 0.735. The van der Waals surface area contributed by atoms with Crippen LogP contribution in [-0.2, 0) is 16.6 Å². The fraction of sp³-hybridized carbons (Fsp3) is 0.700. The highest BCUT2D eigenvalue weighted by molar-refractivity contribution is 7.99. The maximum atomic E-state index is 11.7. The number of aromatic nitrogens is 3. The van der Waals surface area contributed by atoms with E-state index in [-0.39, 0.29) is 11.9 Å². The highest BCUT2D eigenvalue weighted by atomic mass is 32.2. The predicted octanol–water partition coefficient (Wildman–Crippen LogP) is -0.215. The molecule has 7 nitrogen and oxygen atoms in total. The van der Waals surface area contributed by atoms with Gasteiger partial charge in [0.1, 0.15) is 0 Å². The summed E-state index contributed by atoms with van der Waals surface area (Å²) in [5.74, 6) is 0.680. The molecule has 3 N–H and O–H groups in total. The standard InChI is InChI=1S/C10H17N5O2S/c1-15-9(11)13-14-10(15)18-6-8(16)12-7-2-4-17-5-3-7/h7H,2-6H2,1H3,(H2,11,13)(H,12,16). The van der Waals surface area contributed by atoms with Crippen LogP contribution < -0.4 is 11.1 Å². The lowest BCUT2D eigenvalue weighted by atomic mass is 10.1. The number of amides is 1. The van der Waals surface area contributed by atoms with Crippen LogP contribution >= 0.6 is 11.8 Å². The first-order chi connectivity index (χ1) is 8.66. The van der Waals surface area contributed by atoms with Gasteiger partial charge in [-0.2, -0.15) is 0 Å². The minimum absolute atomic E-state index is 0.00784. The smallest absolute Gasteiger partial charge is 0.230 e. The number of hydrogen-bond acceptors (Lipinski definition) is 6. The summed E-state index contributed by atoms with van der Waals surface area (Å²) >= 11 is 1.33. The van der Waals surface area contributed by atoms with Crippen LogP contribution in [-0.4, -0.2) is 45.7 Å². The lowest BCUT2D eigenvalue weighted by Gasteiger charge is -2.22. The molecule has 0 aromatic carbocycles. The number of thioether (sulfide) groups is 1. The molecule has 0 aliphatic carbocycles. The van der Waals surface area contributed by atoms with E-state index in [0.29, 0.717) is 16.9 Å². The van der Waals surface area contributed by atoms with Gasteiger partial charge < -0.3 is 15.8 Å². The molecular formula is C10H17N5O2S. The normalized spacial score (nSPS) is 16.7. The van der Waals surface area contributed by atoms with Crippen molar-refractivity contribution in [2.75, 3.05) is 24.7 Å². The predicted molar refractivity (Wildman–Crippen MR) is 68.1 cm³/mol. The van der Waals surface area contributed by atoms with E-state index in [0.717, 1.165) is 26.1 Å². The summed E-state index contributed by atoms with van der Waals surface area (Å²) in [4.78, 5) is 11.7. The number of carbonyl (C=O) groups is 1. The van der Waals surface area contributed by atoms with E-state index in [1.54, 1.807) is 11.6 Å². The summed E-state index contributed by atoms with van der Waals surface area (Å²) in [7, 11) is 1.77. The van der Waals surface area contributed by atoms with Crippen molar-refractivity contribution < 1.29 is 9.53 Å². The van der Waals surface area contributed by atoms with E-state index in [2.05, 4.69) is 15.5 Å². The van der Waals surface area contributed by atoms with Gasteiger partial charge in [0.05, 0.1) is 5.75 Å². The number of hydrogen-bond donors (Lipinski definition) is 2. The van der Waals surface area contributed by atoms with Crippen molar-refractivity contribution in [3.05, 3.63) is 0 Å². The van der Waals surface area contributed by atoms with E-state index in [4.69, 9.17) is 10.5 Å². The molecule has 0 atom stereocenters. The first-order valence-corrected chi connectivity index (χ1v) is 6.80. The molecule has 18 heavy (non-hydrogen) atoms. The molecule has 1 saturated heterocycles. The number of nitrogens with two attached hydrogens (primary N) is 1. The van der Waals surface area contributed by atoms with Gasteiger partial charge in [-0.3, -0.25) is 9.36 Å². The zero-order chi connectivity index (χ0) is 13.0. The van der Waals surface area contributed by atoms with E-state index in [1.807, 2.05) is 0 Å². The maximum Gasteiger partial charge on any atom is 0.230 e.